The zero-order valence-electron chi connectivity index (χ0n) is 16.6. The van der Waals surface area contributed by atoms with E-state index in [4.69, 9.17) is 16.0 Å². The number of thiazole rings is 1. The lowest BCUT2D eigenvalue weighted by molar-refractivity contribution is -0.117. The number of carbonyl (C=O) groups excluding carboxylic acids is 2. The second-order valence-corrected chi connectivity index (χ2v) is 8.67. The highest BCUT2D eigenvalue weighted by molar-refractivity contribution is 7.22. The summed E-state index contributed by atoms with van der Waals surface area (Å²) < 4.78 is 6.21. The summed E-state index contributed by atoms with van der Waals surface area (Å²) in [6.45, 7) is 1.69. The summed E-state index contributed by atoms with van der Waals surface area (Å²) in [6.07, 6.45) is 0. The minimum atomic E-state index is -0.972. The number of aryl methyl sites for hydroxylation is 1. The fourth-order valence-corrected chi connectivity index (χ4v) is 4.99. The van der Waals surface area contributed by atoms with Crippen molar-refractivity contribution >= 4 is 50.0 Å². The van der Waals surface area contributed by atoms with Crippen LogP contribution in [0.3, 0.4) is 0 Å². The zero-order chi connectivity index (χ0) is 22.6. The topological polar surface area (TPSA) is 104 Å². The number of phenols is 1. The minimum absolute atomic E-state index is 0.00910. The lowest BCUT2D eigenvalue weighted by Gasteiger charge is -2.24. The summed E-state index contributed by atoms with van der Waals surface area (Å²) >= 11 is 7.48. The number of para-hydroxylation sites is 1. The molecule has 5 rings (SSSR count). The number of carbonyl (C=O) groups is 2. The van der Waals surface area contributed by atoms with Gasteiger partial charge in [0.05, 0.1) is 21.3 Å². The fourth-order valence-electron chi connectivity index (χ4n) is 3.70. The predicted molar refractivity (Wildman–Crippen MR) is 120 cm³/mol. The molecule has 0 bridgehead atoms. The van der Waals surface area contributed by atoms with Crippen LogP contribution in [-0.4, -0.2) is 26.9 Å². The Bertz CT molecular complexity index is 1420. The third kappa shape index (κ3) is 3.16. The van der Waals surface area contributed by atoms with E-state index in [-0.39, 0.29) is 22.2 Å². The van der Waals surface area contributed by atoms with Gasteiger partial charge in [-0.3, -0.25) is 14.5 Å². The van der Waals surface area contributed by atoms with Crippen LogP contribution < -0.4 is 4.90 Å². The van der Waals surface area contributed by atoms with Crippen LogP contribution in [0.5, 0.6) is 5.75 Å². The van der Waals surface area contributed by atoms with Crippen LogP contribution >= 0.6 is 22.9 Å². The maximum Gasteiger partial charge on any atom is 0.296 e. The van der Waals surface area contributed by atoms with Gasteiger partial charge in [0.1, 0.15) is 17.0 Å². The third-order valence-corrected chi connectivity index (χ3v) is 6.52. The average Bonchev–Trinajstić information content (AvgIpc) is 3.46. The van der Waals surface area contributed by atoms with Crippen molar-refractivity contribution in [3.05, 3.63) is 88.0 Å². The van der Waals surface area contributed by atoms with Crippen molar-refractivity contribution in [3.8, 4) is 5.75 Å². The highest BCUT2D eigenvalue weighted by Crippen LogP contribution is 2.45. The summed E-state index contributed by atoms with van der Waals surface area (Å²) in [5, 5.41) is 21.2. The quantitative estimate of drug-likeness (QED) is 0.393. The van der Waals surface area contributed by atoms with Crippen LogP contribution in [0.15, 0.2) is 70.3 Å². The number of amides is 1. The summed E-state index contributed by atoms with van der Waals surface area (Å²) in [7, 11) is 0. The normalized spacial score (nSPS) is 16.4. The van der Waals surface area contributed by atoms with Gasteiger partial charge < -0.3 is 14.6 Å². The van der Waals surface area contributed by atoms with Gasteiger partial charge in [-0.1, -0.05) is 41.1 Å². The molecule has 1 amide bonds. The number of phenolic OH excluding ortho intramolecular Hbond substituents is 1. The van der Waals surface area contributed by atoms with Gasteiger partial charge in [0.15, 0.2) is 16.7 Å². The van der Waals surface area contributed by atoms with E-state index >= 15 is 0 Å². The molecule has 0 spiro atoms. The van der Waals surface area contributed by atoms with Crippen molar-refractivity contribution < 1.29 is 24.2 Å². The molecule has 0 saturated carbocycles. The Morgan fingerprint density at radius 3 is 2.53 bits per heavy atom. The highest BCUT2D eigenvalue weighted by atomic mass is 35.5. The van der Waals surface area contributed by atoms with Gasteiger partial charge in [-0.2, -0.15) is 0 Å². The second kappa shape index (κ2) is 7.51. The molecule has 2 aromatic heterocycles. The van der Waals surface area contributed by atoms with E-state index in [1.54, 1.807) is 37.3 Å². The number of aromatic hydroxyl groups is 1. The molecule has 160 valence electrons. The Kier molecular flexibility index (Phi) is 4.76. The number of furan rings is 1. The molecule has 1 atom stereocenters. The number of benzene rings is 2. The van der Waals surface area contributed by atoms with Crippen LogP contribution in [0.4, 0.5) is 5.13 Å². The smallest absolute Gasteiger partial charge is 0.296 e. The van der Waals surface area contributed by atoms with Gasteiger partial charge in [-0.15, -0.1) is 0 Å². The number of aromatic nitrogens is 1. The van der Waals surface area contributed by atoms with Crippen LogP contribution in [-0.2, 0) is 4.79 Å². The number of ketones is 1. The molecule has 4 aromatic rings. The standard InChI is InChI=1S/C23H15ClN2O5S/c1-11-5-10-15(31-11)20(28)17-19(12-6-8-13(27)9-7-12)26(22(30)21(17)29)23-25-18-14(24)3-2-4-16(18)32-23/h2-10,19,27,29H,1H3. The molecule has 2 N–H and O–H groups in total. The first-order valence-corrected chi connectivity index (χ1v) is 10.8. The van der Waals surface area contributed by atoms with Crippen LogP contribution in [0.1, 0.15) is 27.9 Å². The molecular weight excluding hydrogens is 452 g/mol. The van der Waals surface area contributed by atoms with Gasteiger partial charge in [0.2, 0.25) is 5.78 Å². The number of anilines is 1. The van der Waals surface area contributed by atoms with E-state index in [9.17, 15) is 19.8 Å². The third-order valence-electron chi connectivity index (χ3n) is 5.19. The molecule has 0 fully saturated rings. The van der Waals surface area contributed by atoms with Gasteiger partial charge >= 0.3 is 0 Å². The van der Waals surface area contributed by atoms with Crippen molar-refractivity contribution in [2.45, 2.75) is 13.0 Å². The number of nitrogens with zero attached hydrogens (tertiary/aromatic N) is 2. The Balaban J connectivity index is 1.69. The molecule has 1 unspecified atom stereocenters. The number of fused-ring (bicyclic) bond motifs is 1. The van der Waals surface area contributed by atoms with Crippen molar-refractivity contribution in [2.24, 2.45) is 0 Å². The Labute approximate surface area is 190 Å². The molecule has 0 saturated heterocycles. The van der Waals surface area contributed by atoms with Gasteiger partial charge in [0.25, 0.3) is 5.91 Å². The highest BCUT2D eigenvalue weighted by Gasteiger charge is 2.46. The molecule has 0 aliphatic carbocycles. The Morgan fingerprint density at radius 1 is 1.12 bits per heavy atom. The molecule has 7 nitrogen and oxygen atoms in total. The number of hydrogen-bond acceptors (Lipinski definition) is 7. The first-order chi connectivity index (χ1) is 15.3. The predicted octanol–water partition coefficient (Wildman–Crippen LogP) is 5.34. The molecular formula is C23H15ClN2O5S. The van der Waals surface area contributed by atoms with E-state index in [2.05, 4.69) is 4.98 Å². The molecule has 1 aliphatic rings. The Morgan fingerprint density at radius 2 is 1.88 bits per heavy atom. The second-order valence-electron chi connectivity index (χ2n) is 7.25. The molecule has 0 radical (unpaired) electrons. The lowest BCUT2D eigenvalue weighted by atomic mass is 9.95. The van der Waals surface area contributed by atoms with Crippen LogP contribution in [0.25, 0.3) is 10.2 Å². The molecule has 32 heavy (non-hydrogen) atoms. The fraction of sp³-hybridized carbons (Fsp3) is 0.0870. The van der Waals surface area contributed by atoms with Crippen molar-refractivity contribution in [1.29, 1.82) is 0 Å². The van der Waals surface area contributed by atoms with Crippen molar-refractivity contribution in [1.82, 2.24) is 4.98 Å². The van der Waals surface area contributed by atoms with Crippen LogP contribution in [0.2, 0.25) is 5.02 Å². The maximum absolute atomic E-state index is 13.3. The van der Waals surface area contributed by atoms with Crippen LogP contribution in [0, 0.1) is 6.92 Å². The SMILES string of the molecule is Cc1ccc(C(=O)C2=C(O)C(=O)N(c3nc4c(Cl)cccc4s3)C2c2ccc(O)cc2)o1. The van der Waals surface area contributed by atoms with Gasteiger partial charge in [0, 0.05) is 0 Å². The summed E-state index contributed by atoms with van der Waals surface area (Å²) in [5.41, 5.74) is 0.907. The van der Waals surface area contributed by atoms with Gasteiger partial charge in [-0.05, 0) is 48.9 Å². The summed E-state index contributed by atoms with van der Waals surface area (Å²) in [4.78, 5) is 32.3. The molecule has 1 aliphatic heterocycles. The van der Waals surface area contributed by atoms with E-state index in [1.807, 2.05) is 6.07 Å². The molecule has 9 heteroatoms. The summed E-state index contributed by atoms with van der Waals surface area (Å²) in [6, 6.07) is 13.5. The largest absolute Gasteiger partial charge is 0.508 e. The number of aliphatic hydroxyl groups excluding tert-OH is 1. The van der Waals surface area contributed by atoms with Crippen molar-refractivity contribution in [2.75, 3.05) is 4.90 Å². The number of aliphatic hydroxyl groups is 1. The number of hydrogen-bond donors (Lipinski definition) is 2. The Hall–Kier alpha value is -3.62. The number of halogens is 1. The summed E-state index contributed by atoms with van der Waals surface area (Å²) in [5.74, 6) is -1.48. The minimum Gasteiger partial charge on any atom is -0.508 e. The first-order valence-electron chi connectivity index (χ1n) is 9.57. The van der Waals surface area contributed by atoms with E-state index in [0.29, 0.717) is 21.9 Å². The van der Waals surface area contributed by atoms with E-state index in [1.165, 1.54) is 34.4 Å². The monoisotopic (exact) mass is 466 g/mol. The zero-order valence-corrected chi connectivity index (χ0v) is 18.1. The average molecular weight is 467 g/mol. The lowest BCUT2D eigenvalue weighted by Crippen LogP contribution is -2.30. The van der Waals surface area contributed by atoms with Gasteiger partial charge in [-0.25, -0.2) is 4.98 Å². The molecule has 3 heterocycles. The number of Topliss-reactive ketones (excluding diaryl/α,β-unsaturated/α-hetero) is 1. The molecule has 2 aromatic carbocycles. The van der Waals surface area contributed by atoms with Crippen molar-refractivity contribution in [3.63, 3.8) is 0 Å². The maximum atomic E-state index is 13.3. The van der Waals surface area contributed by atoms with E-state index < -0.39 is 23.5 Å². The van der Waals surface area contributed by atoms with E-state index in [0.717, 1.165) is 4.70 Å². The first kappa shape index (κ1) is 20.3. The number of rotatable bonds is 4.